The van der Waals surface area contributed by atoms with E-state index in [9.17, 15) is 19.2 Å². The molecule has 0 aromatic heterocycles. The molecule has 7 heteroatoms. The summed E-state index contributed by atoms with van der Waals surface area (Å²) in [6.07, 6.45) is 6.43. The number of carboxylic acid groups (broad SMARTS) is 2. The fraction of sp³-hybridized carbons (Fsp3) is 0.333. The highest BCUT2D eigenvalue weighted by atomic mass is 16.6. The number of hydrogen-bond donors (Lipinski definition) is 2. The molecule has 0 bridgehead atoms. The zero-order valence-electron chi connectivity index (χ0n) is 9.81. The molecule has 2 atom stereocenters. The molecule has 1 aliphatic carbocycles. The highest BCUT2D eigenvalue weighted by Gasteiger charge is 2.32. The minimum absolute atomic E-state index is 0.419. The summed E-state index contributed by atoms with van der Waals surface area (Å²) in [6.45, 7) is 0. The zero-order valence-corrected chi connectivity index (χ0v) is 9.81. The topological polar surface area (TPSA) is 118 Å². The van der Waals surface area contributed by atoms with Gasteiger partial charge in [0.1, 0.15) is 0 Å². The summed E-state index contributed by atoms with van der Waals surface area (Å²) in [4.78, 5) is 41.0. The van der Waals surface area contributed by atoms with Gasteiger partial charge in [-0.05, 0) is 12.8 Å². The fourth-order valence-electron chi connectivity index (χ4n) is 1.67. The molecule has 0 fully saturated rings. The number of aliphatic carboxylic acids is 2. The van der Waals surface area contributed by atoms with Crippen molar-refractivity contribution in [2.75, 3.05) is 0 Å². The van der Waals surface area contributed by atoms with Crippen molar-refractivity contribution in [3.8, 4) is 0 Å². The average Bonchev–Trinajstić information content (AvgIpc) is 2.73. The van der Waals surface area contributed by atoms with Gasteiger partial charge >= 0.3 is 23.9 Å². The molecule has 2 aliphatic rings. The second-order valence-electron chi connectivity index (χ2n) is 3.89. The first kappa shape index (κ1) is 14.6. The number of allylic oxidation sites excluding steroid dienone is 1. The fourth-order valence-corrected chi connectivity index (χ4v) is 1.67. The molecular weight excluding hydrogens is 256 g/mol. The van der Waals surface area contributed by atoms with Gasteiger partial charge in [-0.1, -0.05) is 12.2 Å². The minimum Gasteiger partial charge on any atom is -0.481 e. The molecular formula is C12H12O7. The second-order valence-corrected chi connectivity index (χ2v) is 3.89. The average molecular weight is 268 g/mol. The van der Waals surface area contributed by atoms with Gasteiger partial charge in [0.25, 0.3) is 0 Å². The van der Waals surface area contributed by atoms with E-state index in [0.29, 0.717) is 12.8 Å². The van der Waals surface area contributed by atoms with Gasteiger partial charge in [-0.2, -0.15) is 0 Å². The molecule has 7 nitrogen and oxygen atoms in total. The molecule has 1 aliphatic heterocycles. The van der Waals surface area contributed by atoms with Crippen LogP contribution in [0, 0.1) is 11.8 Å². The van der Waals surface area contributed by atoms with Crippen LogP contribution in [0.25, 0.3) is 0 Å². The normalized spacial score (nSPS) is 24.4. The standard InChI is InChI=1S/C8H10O4.C4H2O3/c9-7(10)5-3-1-2-4-6(5)8(11)12;5-3-1-2-4(6)7-3/h1,3,5-6H,2,4H2,(H,9,10)(H,11,12);1-2H. The quantitative estimate of drug-likeness (QED) is 0.421. The highest BCUT2D eigenvalue weighted by molar-refractivity contribution is 6.04. The van der Waals surface area contributed by atoms with E-state index in [1.807, 2.05) is 0 Å². The predicted molar refractivity (Wildman–Crippen MR) is 60.9 cm³/mol. The van der Waals surface area contributed by atoms with Crippen molar-refractivity contribution >= 4 is 23.9 Å². The van der Waals surface area contributed by atoms with Crippen LogP contribution in [0.1, 0.15) is 12.8 Å². The van der Waals surface area contributed by atoms with Gasteiger partial charge in [0, 0.05) is 12.2 Å². The summed E-state index contributed by atoms with van der Waals surface area (Å²) in [7, 11) is 0. The second kappa shape index (κ2) is 6.48. The number of esters is 2. The maximum Gasteiger partial charge on any atom is 0.338 e. The van der Waals surface area contributed by atoms with E-state index in [0.717, 1.165) is 12.2 Å². The lowest BCUT2D eigenvalue weighted by Gasteiger charge is -2.19. The molecule has 2 unspecified atom stereocenters. The Morgan fingerprint density at radius 2 is 1.68 bits per heavy atom. The van der Waals surface area contributed by atoms with Crippen LogP contribution in [-0.4, -0.2) is 34.1 Å². The SMILES string of the molecule is O=C(O)C1C=CCCC1C(=O)O.O=C1C=CC(=O)O1. The number of carbonyl (C=O) groups excluding carboxylic acids is 2. The highest BCUT2D eigenvalue weighted by Crippen LogP contribution is 2.24. The van der Waals surface area contributed by atoms with Crippen LogP contribution in [-0.2, 0) is 23.9 Å². The third-order valence-electron chi connectivity index (χ3n) is 2.58. The first-order valence-electron chi connectivity index (χ1n) is 5.48. The molecule has 2 rings (SSSR count). The number of ether oxygens (including phenoxy) is 1. The molecule has 0 saturated carbocycles. The molecule has 1 heterocycles. The van der Waals surface area contributed by atoms with Gasteiger partial charge in [0.15, 0.2) is 0 Å². The summed E-state index contributed by atoms with van der Waals surface area (Å²) >= 11 is 0. The predicted octanol–water partition coefficient (Wildman–Crippen LogP) is 0.364. The Kier molecular flexibility index (Phi) is 4.99. The van der Waals surface area contributed by atoms with Crippen molar-refractivity contribution in [2.24, 2.45) is 11.8 Å². The van der Waals surface area contributed by atoms with E-state index in [1.54, 1.807) is 6.08 Å². The summed E-state index contributed by atoms with van der Waals surface area (Å²) in [5.41, 5.74) is 0. The lowest BCUT2D eigenvalue weighted by atomic mass is 9.84. The van der Waals surface area contributed by atoms with Crippen molar-refractivity contribution in [2.45, 2.75) is 12.8 Å². The Morgan fingerprint density at radius 1 is 1.11 bits per heavy atom. The Balaban J connectivity index is 0.000000218. The Bertz CT molecular complexity index is 445. The van der Waals surface area contributed by atoms with Crippen molar-refractivity contribution in [3.05, 3.63) is 24.3 Å². The number of carboxylic acids is 2. The maximum absolute atomic E-state index is 10.6. The Hall–Kier alpha value is -2.44. The maximum atomic E-state index is 10.6. The number of carbonyl (C=O) groups is 4. The van der Waals surface area contributed by atoms with E-state index in [4.69, 9.17) is 10.2 Å². The summed E-state index contributed by atoms with van der Waals surface area (Å²) < 4.78 is 3.97. The van der Waals surface area contributed by atoms with Gasteiger partial charge in [-0.25, -0.2) is 9.59 Å². The van der Waals surface area contributed by atoms with E-state index in [2.05, 4.69) is 4.74 Å². The van der Waals surface area contributed by atoms with E-state index >= 15 is 0 Å². The number of rotatable bonds is 2. The molecule has 19 heavy (non-hydrogen) atoms. The van der Waals surface area contributed by atoms with Crippen molar-refractivity contribution in [1.29, 1.82) is 0 Å². The third kappa shape index (κ3) is 4.38. The van der Waals surface area contributed by atoms with E-state index in [1.165, 1.54) is 6.08 Å². The van der Waals surface area contributed by atoms with Crippen LogP contribution in [0.3, 0.4) is 0 Å². The van der Waals surface area contributed by atoms with Gasteiger partial charge in [0.05, 0.1) is 11.8 Å². The van der Waals surface area contributed by atoms with Gasteiger partial charge in [-0.15, -0.1) is 0 Å². The van der Waals surface area contributed by atoms with Crippen LogP contribution in [0.4, 0.5) is 0 Å². The largest absolute Gasteiger partial charge is 0.481 e. The minimum atomic E-state index is -1.06. The van der Waals surface area contributed by atoms with Gasteiger partial charge in [0.2, 0.25) is 0 Å². The molecule has 0 radical (unpaired) electrons. The summed E-state index contributed by atoms with van der Waals surface area (Å²) in [5, 5.41) is 17.3. The van der Waals surface area contributed by atoms with E-state index < -0.39 is 35.7 Å². The monoisotopic (exact) mass is 268 g/mol. The molecule has 2 N–H and O–H groups in total. The third-order valence-corrected chi connectivity index (χ3v) is 2.58. The molecule has 0 aromatic rings. The smallest absolute Gasteiger partial charge is 0.338 e. The van der Waals surface area contributed by atoms with Crippen molar-refractivity contribution < 1.29 is 34.1 Å². The summed E-state index contributed by atoms with van der Waals surface area (Å²) in [5.74, 6) is -4.84. The van der Waals surface area contributed by atoms with Crippen LogP contribution in [0.15, 0.2) is 24.3 Å². The van der Waals surface area contributed by atoms with Crippen LogP contribution >= 0.6 is 0 Å². The lowest BCUT2D eigenvalue weighted by Crippen LogP contribution is -2.30. The molecule has 0 saturated heterocycles. The first-order chi connectivity index (χ1) is 8.91. The van der Waals surface area contributed by atoms with E-state index in [-0.39, 0.29) is 0 Å². The van der Waals surface area contributed by atoms with Crippen molar-refractivity contribution in [3.63, 3.8) is 0 Å². The Morgan fingerprint density at radius 3 is 2.00 bits per heavy atom. The lowest BCUT2D eigenvalue weighted by molar-refractivity contribution is -0.152. The molecule has 0 spiro atoms. The molecule has 0 aromatic carbocycles. The number of hydrogen-bond acceptors (Lipinski definition) is 5. The number of cyclic esters (lactones) is 2. The Labute approximate surface area is 108 Å². The van der Waals surface area contributed by atoms with Gasteiger partial charge in [-0.3, -0.25) is 9.59 Å². The molecule has 0 amide bonds. The zero-order chi connectivity index (χ0) is 14.4. The first-order valence-corrected chi connectivity index (χ1v) is 5.48. The van der Waals surface area contributed by atoms with Crippen LogP contribution < -0.4 is 0 Å². The molecule has 102 valence electrons. The van der Waals surface area contributed by atoms with Gasteiger partial charge < -0.3 is 14.9 Å². The van der Waals surface area contributed by atoms with Crippen molar-refractivity contribution in [1.82, 2.24) is 0 Å². The van der Waals surface area contributed by atoms with Crippen LogP contribution in [0.5, 0.6) is 0 Å². The summed E-state index contributed by atoms with van der Waals surface area (Å²) in [6, 6.07) is 0. The van der Waals surface area contributed by atoms with Crippen LogP contribution in [0.2, 0.25) is 0 Å².